The van der Waals surface area contributed by atoms with E-state index >= 15 is 0 Å². The number of H-pyrrole nitrogens is 1. The Bertz CT molecular complexity index is 1070. The number of carbonyl (C=O) groups excluding carboxylic acids is 1. The summed E-state index contributed by atoms with van der Waals surface area (Å²) in [6.07, 6.45) is 0.752. The van der Waals surface area contributed by atoms with Crippen molar-refractivity contribution in [1.82, 2.24) is 9.97 Å². The van der Waals surface area contributed by atoms with E-state index in [-0.39, 0.29) is 0 Å². The zero-order chi connectivity index (χ0) is 16.0. The van der Waals surface area contributed by atoms with Crippen molar-refractivity contribution in [2.75, 3.05) is 0 Å². The van der Waals surface area contributed by atoms with Crippen LogP contribution in [-0.2, 0) is 0 Å². The van der Waals surface area contributed by atoms with Gasteiger partial charge in [-0.05, 0) is 24.3 Å². The van der Waals surface area contributed by atoms with Gasteiger partial charge in [0.25, 0.3) is 0 Å². The van der Waals surface area contributed by atoms with Gasteiger partial charge in [0.1, 0.15) is 5.69 Å². The lowest BCUT2D eigenvalue weighted by molar-refractivity contribution is 0.111. The first-order valence-electron chi connectivity index (χ1n) is 6.99. The lowest BCUT2D eigenvalue weighted by atomic mass is 10.1. The molecule has 0 aliphatic heterocycles. The fourth-order valence-electron chi connectivity index (χ4n) is 2.78. The number of hydrogen-bond acceptors (Lipinski definition) is 2. The first kappa shape index (κ1) is 14.2. The number of halogens is 2. The fourth-order valence-corrected chi connectivity index (χ4v) is 3.08. The Kier molecular flexibility index (Phi) is 3.33. The molecule has 0 amide bonds. The topological polar surface area (TPSA) is 45.8 Å². The minimum Gasteiger partial charge on any atom is -0.353 e. The lowest BCUT2D eigenvalue weighted by Gasteiger charge is -2.06. The molecule has 0 aliphatic rings. The third-order valence-corrected chi connectivity index (χ3v) is 4.57. The van der Waals surface area contributed by atoms with Crippen LogP contribution in [0.2, 0.25) is 10.0 Å². The molecule has 0 aliphatic carbocycles. The molecule has 0 atom stereocenters. The van der Waals surface area contributed by atoms with E-state index in [1.807, 2.05) is 30.3 Å². The smallest absolute Gasteiger partial charge is 0.168 e. The SMILES string of the molecule is O=Cc1cc2c([nH]c3ccccc32)c(-c2ccc(Cl)c(Cl)c2)n1. The predicted octanol–water partition coefficient (Wildman–Crippen LogP) is 5.50. The molecule has 4 rings (SSSR count). The average molecular weight is 341 g/mol. The Balaban J connectivity index is 2.12. The van der Waals surface area contributed by atoms with Gasteiger partial charge in [0.05, 0.1) is 21.3 Å². The number of para-hydroxylation sites is 1. The molecule has 2 aromatic carbocycles. The van der Waals surface area contributed by atoms with E-state index in [1.165, 1.54) is 0 Å². The highest BCUT2D eigenvalue weighted by atomic mass is 35.5. The van der Waals surface area contributed by atoms with Gasteiger partial charge in [-0.15, -0.1) is 0 Å². The van der Waals surface area contributed by atoms with Gasteiger partial charge in [0.2, 0.25) is 0 Å². The van der Waals surface area contributed by atoms with Crippen LogP contribution in [0.25, 0.3) is 33.1 Å². The number of pyridine rings is 1. The van der Waals surface area contributed by atoms with E-state index in [4.69, 9.17) is 23.2 Å². The summed E-state index contributed by atoms with van der Waals surface area (Å²) in [5.74, 6) is 0. The number of aldehydes is 1. The summed E-state index contributed by atoms with van der Waals surface area (Å²) in [6, 6.07) is 15.1. The molecule has 2 aromatic heterocycles. The van der Waals surface area contributed by atoms with Gasteiger partial charge in [-0.1, -0.05) is 47.5 Å². The molecule has 3 nitrogen and oxygen atoms in total. The number of hydrogen-bond donors (Lipinski definition) is 1. The number of nitrogens with zero attached hydrogens (tertiary/aromatic N) is 1. The zero-order valence-electron chi connectivity index (χ0n) is 11.8. The summed E-state index contributed by atoms with van der Waals surface area (Å²) in [7, 11) is 0. The van der Waals surface area contributed by atoms with Crippen LogP contribution in [0.3, 0.4) is 0 Å². The maximum absolute atomic E-state index is 11.3. The van der Waals surface area contributed by atoms with Crippen molar-refractivity contribution in [2.45, 2.75) is 0 Å². The maximum Gasteiger partial charge on any atom is 0.168 e. The number of nitrogens with one attached hydrogen (secondary N) is 1. The van der Waals surface area contributed by atoms with Gasteiger partial charge in [0, 0.05) is 21.9 Å². The number of aromatic nitrogens is 2. The molecule has 23 heavy (non-hydrogen) atoms. The molecule has 1 N–H and O–H groups in total. The van der Waals surface area contributed by atoms with E-state index in [2.05, 4.69) is 9.97 Å². The highest BCUT2D eigenvalue weighted by molar-refractivity contribution is 6.42. The monoisotopic (exact) mass is 340 g/mol. The van der Waals surface area contributed by atoms with Gasteiger partial charge < -0.3 is 4.98 Å². The fraction of sp³-hybridized carbons (Fsp3) is 0. The lowest BCUT2D eigenvalue weighted by Crippen LogP contribution is -1.92. The van der Waals surface area contributed by atoms with Crippen LogP contribution in [0, 0.1) is 0 Å². The summed E-state index contributed by atoms with van der Waals surface area (Å²) in [5, 5.41) is 2.94. The number of benzene rings is 2. The van der Waals surface area contributed by atoms with Gasteiger partial charge in [0.15, 0.2) is 6.29 Å². The Hall–Kier alpha value is -2.36. The molecule has 0 bridgehead atoms. The van der Waals surface area contributed by atoms with Crippen LogP contribution in [0.1, 0.15) is 10.5 Å². The summed E-state index contributed by atoms with van der Waals surface area (Å²) in [5.41, 5.74) is 3.73. The van der Waals surface area contributed by atoms with Crippen LogP contribution >= 0.6 is 23.2 Å². The van der Waals surface area contributed by atoms with E-state index < -0.39 is 0 Å². The highest BCUT2D eigenvalue weighted by Crippen LogP contribution is 2.34. The van der Waals surface area contributed by atoms with Gasteiger partial charge in [-0.2, -0.15) is 0 Å². The van der Waals surface area contributed by atoms with Crippen molar-refractivity contribution < 1.29 is 4.79 Å². The van der Waals surface area contributed by atoms with E-state index in [0.29, 0.717) is 21.4 Å². The number of carbonyl (C=O) groups is 1. The Labute approximate surface area is 141 Å². The quantitative estimate of drug-likeness (QED) is 0.489. The second kappa shape index (κ2) is 5.37. The van der Waals surface area contributed by atoms with Crippen LogP contribution in [0.5, 0.6) is 0 Å². The largest absolute Gasteiger partial charge is 0.353 e. The molecule has 0 saturated heterocycles. The normalized spacial score (nSPS) is 11.2. The molecule has 0 saturated carbocycles. The summed E-state index contributed by atoms with van der Waals surface area (Å²) >= 11 is 12.1. The maximum atomic E-state index is 11.3. The average Bonchev–Trinajstić information content (AvgIpc) is 2.95. The Morgan fingerprint density at radius 3 is 2.57 bits per heavy atom. The molecule has 112 valence electrons. The van der Waals surface area contributed by atoms with Crippen molar-refractivity contribution in [2.24, 2.45) is 0 Å². The van der Waals surface area contributed by atoms with Crippen molar-refractivity contribution in [1.29, 1.82) is 0 Å². The van der Waals surface area contributed by atoms with Crippen LogP contribution in [0.4, 0.5) is 0 Å². The second-order valence-electron chi connectivity index (χ2n) is 5.24. The van der Waals surface area contributed by atoms with E-state index in [9.17, 15) is 4.79 Å². The minimum atomic E-state index is 0.378. The Morgan fingerprint density at radius 1 is 0.957 bits per heavy atom. The van der Waals surface area contributed by atoms with Gasteiger partial charge >= 0.3 is 0 Å². The van der Waals surface area contributed by atoms with E-state index in [0.717, 1.165) is 33.7 Å². The van der Waals surface area contributed by atoms with Crippen LogP contribution in [0.15, 0.2) is 48.5 Å². The summed E-state index contributed by atoms with van der Waals surface area (Å²) in [4.78, 5) is 19.1. The Morgan fingerprint density at radius 2 is 1.78 bits per heavy atom. The zero-order valence-corrected chi connectivity index (χ0v) is 13.3. The molecule has 0 unspecified atom stereocenters. The number of fused-ring (bicyclic) bond motifs is 3. The van der Waals surface area contributed by atoms with Crippen LogP contribution in [-0.4, -0.2) is 16.3 Å². The molecule has 2 heterocycles. The predicted molar refractivity (Wildman–Crippen MR) is 94.4 cm³/mol. The summed E-state index contributed by atoms with van der Waals surface area (Å²) in [6.45, 7) is 0. The minimum absolute atomic E-state index is 0.378. The van der Waals surface area contributed by atoms with Crippen molar-refractivity contribution >= 4 is 51.3 Å². The standard InChI is InChI=1S/C18H10Cl2N2O/c19-14-6-5-10(7-15(14)20)17-18-13(8-11(9-23)21-17)12-3-1-2-4-16(12)22-18/h1-9,22H. The van der Waals surface area contributed by atoms with Crippen molar-refractivity contribution in [3.05, 3.63) is 64.3 Å². The van der Waals surface area contributed by atoms with Gasteiger partial charge in [-0.3, -0.25) is 4.79 Å². The van der Waals surface area contributed by atoms with Gasteiger partial charge in [-0.25, -0.2) is 4.98 Å². The molecular weight excluding hydrogens is 331 g/mol. The molecule has 4 aromatic rings. The van der Waals surface area contributed by atoms with Crippen LogP contribution < -0.4 is 0 Å². The third kappa shape index (κ3) is 2.29. The van der Waals surface area contributed by atoms with Crippen molar-refractivity contribution in [3.63, 3.8) is 0 Å². The molecule has 0 fully saturated rings. The highest BCUT2D eigenvalue weighted by Gasteiger charge is 2.14. The first-order chi connectivity index (χ1) is 11.2. The number of rotatable bonds is 2. The number of aromatic amines is 1. The molecule has 0 spiro atoms. The van der Waals surface area contributed by atoms with E-state index in [1.54, 1.807) is 18.2 Å². The first-order valence-corrected chi connectivity index (χ1v) is 7.75. The summed E-state index contributed by atoms with van der Waals surface area (Å²) < 4.78 is 0. The van der Waals surface area contributed by atoms with Crippen molar-refractivity contribution in [3.8, 4) is 11.3 Å². The third-order valence-electron chi connectivity index (χ3n) is 3.83. The second-order valence-corrected chi connectivity index (χ2v) is 6.05. The molecule has 0 radical (unpaired) electrons. The molecule has 5 heteroatoms. The molecular formula is C18H10Cl2N2O.